The van der Waals surface area contributed by atoms with Gasteiger partial charge >= 0.3 is 192 Å². The average Bonchev–Trinajstić information content (AvgIpc) is 3.04. The molecular weight excluding hydrogens is 466 g/mol. The van der Waals surface area contributed by atoms with Gasteiger partial charge in [-0.3, -0.25) is 0 Å². The van der Waals surface area contributed by atoms with E-state index in [1.54, 1.807) is 9.16 Å². The van der Waals surface area contributed by atoms with E-state index in [9.17, 15) is 0 Å². The van der Waals surface area contributed by atoms with Gasteiger partial charge in [0.05, 0.1) is 0 Å². The van der Waals surface area contributed by atoms with E-state index in [1.165, 1.54) is 16.1 Å². The predicted molar refractivity (Wildman–Crippen MR) is 129 cm³/mol. The minimum atomic E-state index is -1.79. The van der Waals surface area contributed by atoms with Crippen molar-refractivity contribution in [1.82, 2.24) is 12.2 Å². The summed E-state index contributed by atoms with van der Waals surface area (Å²) in [5.74, 6) is 0. The van der Waals surface area contributed by atoms with Crippen molar-refractivity contribution >= 4 is 19.2 Å². The zero-order valence-electron chi connectivity index (χ0n) is 19.4. The van der Waals surface area contributed by atoms with Crippen LogP contribution in [-0.4, -0.2) is 49.4 Å². The first kappa shape index (κ1) is 23.2. The summed E-state index contributed by atoms with van der Waals surface area (Å²) >= 11 is -1.79. The third-order valence-electron chi connectivity index (χ3n) is 5.06. The van der Waals surface area contributed by atoms with Crippen LogP contribution in [0.4, 0.5) is 0 Å². The van der Waals surface area contributed by atoms with Crippen molar-refractivity contribution in [3.63, 3.8) is 0 Å². The zero-order valence-corrected chi connectivity index (χ0v) is 22.6. The van der Waals surface area contributed by atoms with E-state index in [1.807, 2.05) is 0 Å². The summed E-state index contributed by atoms with van der Waals surface area (Å²) in [5, 5.41) is 8.50. The molecule has 0 aliphatic heterocycles. The third-order valence-corrected chi connectivity index (χ3v) is 14.4. The summed E-state index contributed by atoms with van der Waals surface area (Å²) < 4.78 is 6.71. The van der Waals surface area contributed by atoms with Gasteiger partial charge in [0, 0.05) is 0 Å². The molecule has 1 N–H and O–H groups in total. The van der Waals surface area contributed by atoms with E-state index in [0.717, 1.165) is 6.42 Å². The molecule has 5 heteroatoms. The molecule has 30 heavy (non-hydrogen) atoms. The number of benzene rings is 2. The summed E-state index contributed by atoms with van der Waals surface area (Å²) in [7, 11) is 7.44. The van der Waals surface area contributed by atoms with Crippen LogP contribution in [0, 0.1) is 0 Å². The van der Waals surface area contributed by atoms with Crippen LogP contribution >= 0.6 is 0 Å². The van der Waals surface area contributed by atoms with Crippen molar-refractivity contribution < 1.29 is 17.8 Å². The molecule has 0 atom stereocenters. The molecule has 0 saturated heterocycles. The second-order valence-electron chi connectivity index (χ2n) is 9.18. The molecule has 0 amide bonds. The molecule has 0 unspecified atom stereocenters. The van der Waals surface area contributed by atoms with Crippen LogP contribution in [-0.2, 0) is 17.8 Å². The Morgan fingerprint density at radius 3 is 1.67 bits per heavy atom. The fraction of sp³-hybridized carbons (Fsp3) is 0.360. The quantitative estimate of drug-likeness (QED) is 0.588. The predicted octanol–water partition coefficient (Wildman–Crippen LogP) is 3.07. The molecule has 0 heterocycles. The van der Waals surface area contributed by atoms with Crippen LogP contribution < -0.4 is 15.7 Å². The van der Waals surface area contributed by atoms with Crippen LogP contribution in [0.2, 0.25) is 0 Å². The Kier molecular flexibility index (Phi) is 7.57. The molecule has 161 valence electrons. The Bertz CT molecular complexity index is 851. The number of allylic oxidation sites excluding steroid dienone is 3. The van der Waals surface area contributed by atoms with Gasteiger partial charge in [-0.2, -0.15) is 0 Å². The molecule has 3 rings (SSSR count). The molecule has 2 aromatic rings. The van der Waals surface area contributed by atoms with Gasteiger partial charge in [0.2, 0.25) is 0 Å². The van der Waals surface area contributed by atoms with Crippen molar-refractivity contribution in [2.75, 3.05) is 28.2 Å². The molecule has 0 bridgehead atoms. The van der Waals surface area contributed by atoms with Crippen LogP contribution in [0.5, 0.6) is 0 Å². The van der Waals surface area contributed by atoms with E-state index in [0.29, 0.717) is 0 Å². The van der Waals surface area contributed by atoms with E-state index in [-0.39, 0.29) is 5.54 Å². The Morgan fingerprint density at radius 1 is 0.800 bits per heavy atom. The Hall–Kier alpha value is -1.45. The zero-order chi connectivity index (χ0) is 21.9. The van der Waals surface area contributed by atoms with Crippen molar-refractivity contribution in [3.8, 4) is 0 Å². The van der Waals surface area contributed by atoms with Gasteiger partial charge in [-0.05, 0) is 0 Å². The first-order valence-electron chi connectivity index (χ1n) is 10.6. The summed E-state index contributed by atoms with van der Waals surface area (Å²) in [5.41, 5.74) is 1.41. The van der Waals surface area contributed by atoms with E-state index in [4.69, 9.17) is 0 Å². The number of nitrogens with zero attached hydrogens (tertiary/aromatic N) is 2. The molecule has 2 aromatic carbocycles. The Labute approximate surface area is 191 Å². The van der Waals surface area contributed by atoms with Crippen molar-refractivity contribution in [3.05, 3.63) is 81.6 Å². The molecule has 1 aliphatic carbocycles. The summed E-state index contributed by atoms with van der Waals surface area (Å²) in [6, 6.07) is 22.4. The van der Waals surface area contributed by atoms with Crippen molar-refractivity contribution in [2.45, 2.75) is 32.7 Å². The normalized spacial score (nSPS) is 15.0. The Morgan fingerprint density at radius 2 is 1.27 bits per heavy atom. The van der Waals surface area contributed by atoms with Gasteiger partial charge in [-0.15, -0.1) is 0 Å². The molecule has 0 aromatic heterocycles. The standard InChI is InChI=1S/C21H24NSi.2C2H6N.Mo/c1-21(2,3)22-19-15-10-16-20(19)23(17-11-6-4-7-12-17)18-13-8-5-9-14-18;2*1-3-2;/h4-9,11-15,22-23H,10H2,1-3H3;2*1-2H3;/q;2*-1;+2. The summed E-state index contributed by atoms with van der Waals surface area (Å²) in [6.45, 7) is 6.79. The third kappa shape index (κ3) is 5.42. The molecular formula is C25H36MoN3Si. The number of rotatable bonds is 7. The molecule has 1 aliphatic rings. The summed E-state index contributed by atoms with van der Waals surface area (Å²) in [6.07, 6.45) is 3.53. The first-order chi connectivity index (χ1) is 14.2. The monoisotopic (exact) mass is 504 g/mol. The SMILES string of the molecule is C[N](C)[Mo]([C]1=C([SiH](c2ccccc2)c2ccccc2)C(NC(C)(C)C)=CC1)[N](C)C. The van der Waals surface area contributed by atoms with Crippen molar-refractivity contribution in [1.29, 1.82) is 0 Å². The first-order valence-corrected chi connectivity index (χ1v) is 15.1. The van der Waals surface area contributed by atoms with Crippen LogP contribution in [0.25, 0.3) is 0 Å². The van der Waals surface area contributed by atoms with Gasteiger partial charge < -0.3 is 0 Å². The fourth-order valence-electron chi connectivity index (χ4n) is 4.16. The van der Waals surface area contributed by atoms with E-state index >= 15 is 0 Å². The van der Waals surface area contributed by atoms with Crippen molar-refractivity contribution in [2.24, 2.45) is 0 Å². The maximum atomic E-state index is 3.88. The maximum absolute atomic E-state index is 3.88. The fourth-order valence-corrected chi connectivity index (χ4v) is 14.0. The van der Waals surface area contributed by atoms with Gasteiger partial charge in [-0.25, -0.2) is 0 Å². The number of hydrogen-bond donors (Lipinski definition) is 1. The molecule has 0 fully saturated rings. The molecule has 3 nitrogen and oxygen atoms in total. The van der Waals surface area contributed by atoms with Crippen LogP contribution in [0.15, 0.2) is 81.6 Å². The number of hydrogen-bond acceptors (Lipinski definition) is 3. The van der Waals surface area contributed by atoms with E-state index < -0.39 is 26.6 Å². The number of nitrogens with one attached hydrogen (secondary N) is 1. The van der Waals surface area contributed by atoms with Gasteiger partial charge in [0.1, 0.15) is 0 Å². The second-order valence-corrected chi connectivity index (χ2v) is 18.1. The van der Waals surface area contributed by atoms with Gasteiger partial charge in [0.15, 0.2) is 0 Å². The Balaban J connectivity index is 2.24. The van der Waals surface area contributed by atoms with Crippen LogP contribution in [0.1, 0.15) is 27.2 Å². The van der Waals surface area contributed by atoms with Gasteiger partial charge in [0.25, 0.3) is 0 Å². The average molecular weight is 503 g/mol. The molecule has 0 saturated carbocycles. The minimum absolute atomic E-state index is 0.0373. The summed E-state index contributed by atoms with van der Waals surface area (Å²) in [4.78, 5) is 0. The molecule has 0 radical (unpaired) electrons. The second kappa shape index (κ2) is 9.78. The van der Waals surface area contributed by atoms with Crippen LogP contribution in [0.3, 0.4) is 0 Å². The molecule has 0 spiro atoms. The topological polar surface area (TPSA) is 18.5 Å². The van der Waals surface area contributed by atoms with E-state index in [2.05, 4.69) is 128 Å². The van der Waals surface area contributed by atoms with Gasteiger partial charge in [-0.1, -0.05) is 0 Å².